The molecule has 0 saturated carbocycles. The molecule has 1 amide bonds. The molecule has 0 saturated heterocycles. The summed E-state index contributed by atoms with van der Waals surface area (Å²) in [6, 6.07) is 9.68. The third kappa shape index (κ3) is 11.2. The normalized spacial score (nSPS) is 10.4. The highest BCUT2D eigenvalue weighted by molar-refractivity contribution is 5.67. The Kier molecular flexibility index (Phi) is 11.2. The molecule has 0 heterocycles. The zero-order chi connectivity index (χ0) is 18.3. The standard InChI is InChI=1S/C20H31NO4/c1-21(20(24)25-17-18-13-9-8-10-14-18)16-12-7-5-3-2-4-6-11-15-19(22)23/h8-10,13-14H,2-7,11-12,15-17H2,1H3,(H,22,23). The zero-order valence-corrected chi connectivity index (χ0v) is 15.3. The first-order chi connectivity index (χ1) is 12.1. The first kappa shape index (κ1) is 21.0. The minimum atomic E-state index is -0.702. The van der Waals surface area contributed by atoms with Crippen molar-refractivity contribution >= 4 is 12.1 Å². The molecule has 0 spiro atoms. The molecule has 0 radical (unpaired) electrons. The van der Waals surface area contributed by atoms with Gasteiger partial charge in [-0.25, -0.2) is 4.79 Å². The monoisotopic (exact) mass is 349 g/mol. The van der Waals surface area contributed by atoms with Gasteiger partial charge in [0.2, 0.25) is 0 Å². The Bertz CT molecular complexity index is 490. The maximum Gasteiger partial charge on any atom is 0.409 e. The summed E-state index contributed by atoms with van der Waals surface area (Å²) in [5.74, 6) is -0.702. The van der Waals surface area contributed by atoms with Gasteiger partial charge in [0, 0.05) is 20.0 Å². The van der Waals surface area contributed by atoms with E-state index < -0.39 is 5.97 Å². The SMILES string of the molecule is CN(CCCCCCCCCCC(=O)O)C(=O)OCc1ccccc1. The lowest BCUT2D eigenvalue weighted by Gasteiger charge is -2.16. The maximum absolute atomic E-state index is 11.9. The van der Waals surface area contributed by atoms with Crippen LogP contribution in [0, 0.1) is 0 Å². The van der Waals surface area contributed by atoms with Gasteiger partial charge in [-0.2, -0.15) is 0 Å². The average Bonchev–Trinajstić information content (AvgIpc) is 2.61. The molecule has 140 valence electrons. The molecule has 1 aromatic carbocycles. The third-order valence-corrected chi connectivity index (χ3v) is 4.15. The number of aliphatic carboxylic acids is 1. The summed E-state index contributed by atoms with van der Waals surface area (Å²) >= 11 is 0. The van der Waals surface area contributed by atoms with Gasteiger partial charge in [0.15, 0.2) is 0 Å². The lowest BCUT2D eigenvalue weighted by atomic mass is 10.1. The van der Waals surface area contributed by atoms with E-state index in [1.54, 1.807) is 11.9 Å². The highest BCUT2D eigenvalue weighted by atomic mass is 16.6. The second kappa shape index (κ2) is 13.3. The van der Waals surface area contributed by atoms with Gasteiger partial charge < -0.3 is 14.7 Å². The Morgan fingerprint density at radius 3 is 2.08 bits per heavy atom. The minimum Gasteiger partial charge on any atom is -0.481 e. The molecule has 0 aliphatic rings. The van der Waals surface area contributed by atoms with Crippen molar-refractivity contribution in [1.29, 1.82) is 0 Å². The van der Waals surface area contributed by atoms with Crippen LogP contribution in [-0.2, 0) is 16.1 Å². The predicted octanol–water partition coefficient (Wildman–Crippen LogP) is 4.85. The average molecular weight is 349 g/mol. The van der Waals surface area contributed by atoms with Gasteiger partial charge in [-0.3, -0.25) is 4.79 Å². The maximum atomic E-state index is 11.9. The van der Waals surface area contributed by atoms with Crippen molar-refractivity contribution < 1.29 is 19.4 Å². The van der Waals surface area contributed by atoms with Crippen LogP contribution in [0.4, 0.5) is 4.79 Å². The lowest BCUT2D eigenvalue weighted by Crippen LogP contribution is -2.28. The number of hydrogen-bond acceptors (Lipinski definition) is 3. The number of unbranched alkanes of at least 4 members (excludes halogenated alkanes) is 7. The summed E-state index contributed by atoms with van der Waals surface area (Å²) in [5, 5.41) is 8.55. The van der Waals surface area contributed by atoms with Gasteiger partial charge in [0.25, 0.3) is 0 Å². The van der Waals surface area contributed by atoms with Crippen molar-refractivity contribution in [2.24, 2.45) is 0 Å². The number of carbonyl (C=O) groups is 2. The molecule has 0 aromatic heterocycles. The van der Waals surface area contributed by atoms with Crippen LogP contribution in [0.15, 0.2) is 30.3 Å². The van der Waals surface area contributed by atoms with E-state index in [1.807, 2.05) is 30.3 Å². The lowest BCUT2D eigenvalue weighted by molar-refractivity contribution is -0.137. The molecule has 0 unspecified atom stereocenters. The molecule has 0 atom stereocenters. The van der Waals surface area contributed by atoms with Crippen LogP contribution in [0.1, 0.15) is 63.4 Å². The molecule has 1 aromatic rings. The van der Waals surface area contributed by atoms with Crippen molar-refractivity contribution in [3.05, 3.63) is 35.9 Å². The van der Waals surface area contributed by atoms with Gasteiger partial charge in [-0.05, 0) is 18.4 Å². The molecule has 1 rings (SSSR count). The number of ether oxygens (including phenoxy) is 1. The fraction of sp³-hybridized carbons (Fsp3) is 0.600. The molecular formula is C20H31NO4. The van der Waals surface area contributed by atoms with Crippen molar-refractivity contribution in [3.8, 4) is 0 Å². The van der Waals surface area contributed by atoms with E-state index in [0.29, 0.717) is 13.2 Å². The zero-order valence-electron chi connectivity index (χ0n) is 15.3. The number of rotatable bonds is 13. The van der Waals surface area contributed by atoms with E-state index >= 15 is 0 Å². The third-order valence-electron chi connectivity index (χ3n) is 4.15. The number of carboxylic acid groups (broad SMARTS) is 1. The Hall–Kier alpha value is -2.04. The highest BCUT2D eigenvalue weighted by Gasteiger charge is 2.09. The van der Waals surface area contributed by atoms with Crippen molar-refractivity contribution in [1.82, 2.24) is 4.90 Å². The molecule has 0 aliphatic carbocycles. The number of carbonyl (C=O) groups excluding carboxylic acids is 1. The summed E-state index contributed by atoms with van der Waals surface area (Å²) in [5.41, 5.74) is 0.993. The molecule has 5 nitrogen and oxygen atoms in total. The number of nitrogens with zero attached hydrogens (tertiary/aromatic N) is 1. The van der Waals surface area contributed by atoms with Crippen molar-refractivity contribution in [3.63, 3.8) is 0 Å². The number of carboxylic acids is 1. The summed E-state index contributed by atoms with van der Waals surface area (Å²) in [6.07, 6.45) is 8.48. The van der Waals surface area contributed by atoms with Crippen LogP contribution in [0.2, 0.25) is 0 Å². The highest BCUT2D eigenvalue weighted by Crippen LogP contribution is 2.10. The predicted molar refractivity (Wildman–Crippen MR) is 98.4 cm³/mol. The first-order valence-electron chi connectivity index (χ1n) is 9.23. The van der Waals surface area contributed by atoms with Crippen LogP contribution in [0.3, 0.4) is 0 Å². The molecule has 0 bridgehead atoms. The summed E-state index contributed by atoms with van der Waals surface area (Å²) in [7, 11) is 1.77. The summed E-state index contributed by atoms with van der Waals surface area (Å²) < 4.78 is 5.28. The van der Waals surface area contributed by atoms with E-state index in [-0.39, 0.29) is 12.5 Å². The van der Waals surface area contributed by atoms with Crippen LogP contribution < -0.4 is 0 Å². The van der Waals surface area contributed by atoms with E-state index in [2.05, 4.69) is 0 Å². The Balaban J connectivity index is 1.95. The van der Waals surface area contributed by atoms with E-state index in [0.717, 1.165) is 50.5 Å². The first-order valence-corrected chi connectivity index (χ1v) is 9.23. The summed E-state index contributed by atoms with van der Waals surface area (Å²) in [6.45, 7) is 1.03. The van der Waals surface area contributed by atoms with Gasteiger partial charge in [0.05, 0.1) is 0 Å². The summed E-state index contributed by atoms with van der Waals surface area (Å²) in [4.78, 5) is 23.9. The van der Waals surface area contributed by atoms with Gasteiger partial charge >= 0.3 is 12.1 Å². The number of amides is 1. The largest absolute Gasteiger partial charge is 0.481 e. The Morgan fingerprint density at radius 1 is 0.920 bits per heavy atom. The molecule has 5 heteroatoms. The number of benzene rings is 1. The quantitative estimate of drug-likeness (QED) is 0.517. The van der Waals surface area contributed by atoms with Crippen molar-refractivity contribution in [2.45, 2.75) is 64.4 Å². The topological polar surface area (TPSA) is 66.8 Å². The van der Waals surface area contributed by atoms with E-state index in [1.165, 1.54) is 6.42 Å². The Labute approximate surface area is 151 Å². The van der Waals surface area contributed by atoms with Gasteiger partial charge in [-0.1, -0.05) is 68.9 Å². The molecule has 25 heavy (non-hydrogen) atoms. The van der Waals surface area contributed by atoms with Gasteiger partial charge in [0.1, 0.15) is 6.61 Å². The van der Waals surface area contributed by atoms with Crippen LogP contribution in [-0.4, -0.2) is 35.7 Å². The number of hydrogen-bond donors (Lipinski definition) is 1. The molecule has 1 N–H and O–H groups in total. The van der Waals surface area contributed by atoms with Crippen LogP contribution >= 0.6 is 0 Å². The van der Waals surface area contributed by atoms with Crippen LogP contribution in [0.5, 0.6) is 0 Å². The molecular weight excluding hydrogens is 318 g/mol. The Morgan fingerprint density at radius 2 is 1.48 bits per heavy atom. The van der Waals surface area contributed by atoms with Crippen LogP contribution in [0.25, 0.3) is 0 Å². The smallest absolute Gasteiger partial charge is 0.409 e. The fourth-order valence-corrected chi connectivity index (χ4v) is 2.61. The molecule has 0 aliphatic heterocycles. The second-order valence-corrected chi connectivity index (χ2v) is 6.43. The van der Waals surface area contributed by atoms with Crippen molar-refractivity contribution in [2.75, 3.05) is 13.6 Å². The van der Waals surface area contributed by atoms with E-state index in [9.17, 15) is 9.59 Å². The minimum absolute atomic E-state index is 0.276. The second-order valence-electron chi connectivity index (χ2n) is 6.43. The van der Waals surface area contributed by atoms with E-state index in [4.69, 9.17) is 9.84 Å². The van der Waals surface area contributed by atoms with Gasteiger partial charge in [-0.15, -0.1) is 0 Å². The fourth-order valence-electron chi connectivity index (χ4n) is 2.61. The molecule has 0 fully saturated rings.